The van der Waals surface area contributed by atoms with Crippen LogP contribution in [0.4, 0.5) is 5.69 Å². The van der Waals surface area contributed by atoms with E-state index in [-0.39, 0.29) is 29.9 Å². The Labute approximate surface area is 261 Å². The standard InChI is InChI=1S/C34H35ClN4O5/c1-21-26(7-5-9-28(21)38-33(42)30-13-11-24(18-37-30)34(43-2)44-3)27-8-4-6-23(32(27)35)16-31(41)29-12-10-22(17-36-29)19-39-15-14-25(40)20-39/h4-13,17-18,25,34,40H,14-16,19-20H2,1-3H3,(H,38,42)/t25-/m1/s1. The minimum absolute atomic E-state index is 0.0987. The van der Waals surface area contributed by atoms with Gasteiger partial charge in [-0.25, -0.2) is 0 Å². The summed E-state index contributed by atoms with van der Waals surface area (Å²) in [4.78, 5) is 37.0. The summed E-state index contributed by atoms with van der Waals surface area (Å²) in [6, 6.07) is 18.2. The van der Waals surface area contributed by atoms with Gasteiger partial charge in [-0.05, 0) is 53.8 Å². The molecule has 2 N–H and O–H groups in total. The predicted molar refractivity (Wildman–Crippen MR) is 169 cm³/mol. The maximum atomic E-state index is 13.2. The molecule has 228 valence electrons. The van der Waals surface area contributed by atoms with Gasteiger partial charge in [-0.15, -0.1) is 0 Å². The number of hydrogen-bond donors (Lipinski definition) is 2. The number of hydrogen-bond acceptors (Lipinski definition) is 8. The number of carbonyl (C=O) groups is 2. The second-order valence-corrected chi connectivity index (χ2v) is 11.2. The number of ketones is 1. The Morgan fingerprint density at radius 2 is 1.73 bits per heavy atom. The van der Waals surface area contributed by atoms with E-state index in [4.69, 9.17) is 21.1 Å². The van der Waals surface area contributed by atoms with Crippen molar-refractivity contribution in [1.82, 2.24) is 14.9 Å². The summed E-state index contributed by atoms with van der Waals surface area (Å²) in [7, 11) is 3.06. The third-order valence-electron chi connectivity index (χ3n) is 7.79. The number of benzene rings is 2. The average molecular weight is 615 g/mol. The van der Waals surface area contributed by atoms with Crippen molar-refractivity contribution in [2.75, 3.05) is 32.6 Å². The van der Waals surface area contributed by atoms with Crippen LogP contribution < -0.4 is 5.32 Å². The molecule has 1 amide bonds. The molecule has 0 bridgehead atoms. The Bertz CT molecular complexity index is 1620. The van der Waals surface area contributed by atoms with Crippen LogP contribution in [0.25, 0.3) is 11.1 Å². The molecule has 4 aromatic rings. The number of aliphatic hydroxyl groups is 1. The van der Waals surface area contributed by atoms with Crippen LogP contribution >= 0.6 is 11.6 Å². The number of nitrogens with zero attached hydrogens (tertiary/aromatic N) is 3. The molecular weight excluding hydrogens is 580 g/mol. The molecule has 0 spiro atoms. The number of nitrogens with one attached hydrogen (secondary N) is 1. The van der Waals surface area contributed by atoms with Crippen molar-refractivity contribution in [3.63, 3.8) is 0 Å². The first-order valence-corrected chi connectivity index (χ1v) is 14.7. The Balaban J connectivity index is 1.29. The number of ether oxygens (including phenoxy) is 2. The number of carbonyl (C=O) groups excluding carboxylic acids is 2. The molecule has 0 radical (unpaired) electrons. The summed E-state index contributed by atoms with van der Waals surface area (Å²) in [5.41, 5.74) is 6.05. The molecule has 9 nitrogen and oxygen atoms in total. The largest absolute Gasteiger partial charge is 0.392 e. The first kappa shape index (κ1) is 31.4. The zero-order valence-corrected chi connectivity index (χ0v) is 25.7. The van der Waals surface area contributed by atoms with Gasteiger partial charge in [0, 0.05) is 69.5 Å². The Kier molecular flexibility index (Phi) is 10.1. The third-order valence-corrected chi connectivity index (χ3v) is 8.23. The molecule has 2 aromatic carbocycles. The molecule has 0 unspecified atom stereocenters. The van der Waals surface area contributed by atoms with Crippen molar-refractivity contribution in [2.45, 2.75) is 38.7 Å². The number of amides is 1. The Morgan fingerprint density at radius 3 is 2.39 bits per heavy atom. The van der Waals surface area contributed by atoms with Crippen LogP contribution in [-0.4, -0.2) is 65.1 Å². The number of halogens is 1. The molecule has 0 aliphatic carbocycles. The highest BCUT2D eigenvalue weighted by atomic mass is 35.5. The highest BCUT2D eigenvalue weighted by Gasteiger charge is 2.21. The minimum Gasteiger partial charge on any atom is -0.392 e. The smallest absolute Gasteiger partial charge is 0.274 e. The molecule has 1 atom stereocenters. The van der Waals surface area contributed by atoms with Gasteiger partial charge in [0.15, 0.2) is 12.1 Å². The lowest BCUT2D eigenvalue weighted by atomic mass is 9.95. The van der Waals surface area contributed by atoms with Crippen LogP contribution in [0.15, 0.2) is 73.1 Å². The second kappa shape index (κ2) is 14.2. The zero-order valence-electron chi connectivity index (χ0n) is 24.9. The predicted octanol–water partition coefficient (Wildman–Crippen LogP) is 5.64. The van der Waals surface area contributed by atoms with Gasteiger partial charge < -0.3 is 19.9 Å². The summed E-state index contributed by atoms with van der Waals surface area (Å²) in [6.07, 6.45) is 3.31. The lowest BCUT2D eigenvalue weighted by molar-refractivity contribution is -0.106. The summed E-state index contributed by atoms with van der Waals surface area (Å²) < 4.78 is 10.5. The molecule has 5 rings (SSSR count). The topological polar surface area (TPSA) is 114 Å². The van der Waals surface area contributed by atoms with Crippen molar-refractivity contribution in [2.24, 2.45) is 0 Å². The lowest BCUT2D eigenvalue weighted by Gasteiger charge is -2.16. The number of anilines is 1. The highest BCUT2D eigenvalue weighted by Crippen LogP contribution is 2.36. The maximum Gasteiger partial charge on any atom is 0.274 e. The van der Waals surface area contributed by atoms with Crippen molar-refractivity contribution in [1.29, 1.82) is 0 Å². The lowest BCUT2D eigenvalue weighted by Crippen LogP contribution is -2.21. The maximum absolute atomic E-state index is 13.2. The average Bonchev–Trinajstić information content (AvgIpc) is 3.44. The fraction of sp³-hybridized carbons (Fsp3) is 0.294. The van der Waals surface area contributed by atoms with Crippen molar-refractivity contribution >= 4 is 29.0 Å². The normalized spacial score (nSPS) is 15.1. The van der Waals surface area contributed by atoms with Crippen LogP contribution in [0.2, 0.25) is 5.02 Å². The number of likely N-dealkylation sites (tertiary alicyclic amines) is 1. The fourth-order valence-electron chi connectivity index (χ4n) is 5.38. The van der Waals surface area contributed by atoms with Gasteiger partial charge in [0.2, 0.25) is 0 Å². The molecule has 1 aliphatic heterocycles. The molecule has 1 fully saturated rings. The van der Waals surface area contributed by atoms with E-state index in [1.807, 2.05) is 49.4 Å². The summed E-state index contributed by atoms with van der Waals surface area (Å²) in [6.45, 7) is 4.10. The zero-order chi connectivity index (χ0) is 31.2. The van der Waals surface area contributed by atoms with Crippen LogP contribution in [0.3, 0.4) is 0 Å². The molecule has 44 heavy (non-hydrogen) atoms. The SMILES string of the molecule is COC(OC)c1ccc(C(=O)Nc2cccc(-c3cccc(CC(=O)c4ccc(CN5CC[C@@H](O)C5)cn4)c3Cl)c2C)nc1. The Hall–Kier alpha value is -3.99. The first-order valence-electron chi connectivity index (χ1n) is 14.4. The quantitative estimate of drug-likeness (QED) is 0.165. The van der Waals surface area contributed by atoms with E-state index in [1.54, 1.807) is 30.6 Å². The second-order valence-electron chi connectivity index (χ2n) is 10.8. The molecule has 10 heteroatoms. The monoisotopic (exact) mass is 614 g/mol. The van der Waals surface area contributed by atoms with Crippen molar-refractivity contribution < 1.29 is 24.2 Å². The first-order chi connectivity index (χ1) is 21.3. The van der Waals surface area contributed by atoms with E-state index in [2.05, 4.69) is 20.2 Å². The van der Waals surface area contributed by atoms with E-state index < -0.39 is 6.29 Å². The molecule has 2 aromatic heterocycles. The Morgan fingerprint density at radius 1 is 1.00 bits per heavy atom. The van der Waals surface area contributed by atoms with Gasteiger partial charge in [0.1, 0.15) is 11.4 Å². The molecule has 3 heterocycles. The summed E-state index contributed by atoms with van der Waals surface area (Å²) in [5.74, 6) is -0.490. The van der Waals surface area contributed by atoms with E-state index in [9.17, 15) is 14.7 Å². The van der Waals surface area contributed by atoms with Crippen LogP contribution in [0, 0.1) is 6.92 Å². The van der Waals surface area contributed by atoms with Gasteiger partial charge >= 0.3 is 0 Å². The number of rotatable bonds is 11. The van der Waals surface area contributed by atoms with Crippen LogP contribution in [-0.2, 0) is 22.4 Å². The van der Waals surface area contributed by atoms with Gasteiger partial charge in [0.05, 0.1) is 11.1 Å². The van der Waals surface area contributed by atoms with Gasteiger partial charge in [-0.1, -0.05) is 54.1 Å². The highest BCUT2D eigenvalue weighted by molar-refractivity contribution is 6.34. The summed E-state index contributed by atoms with van der Waals surface area (Å²) >= 11 is 6.88. The number of β-amino-alcohol motifs (C(OH)–C–C–N with tert-alkyl or cyclic N) is 1. The molecule has 0 saturated carbocycles. The van der Waals surface area contributed by atoms with E-state index in [0.29, 0.717) is 40.6 Å². The van der Waals surface area contributed by atoms with Crippen LogP contribution in [0.1, 0.15) is 55.9 Å². The number of Topliss-reactive ketones (excluding diaryl/α,β-unsaturated/α-hetero) is 1. The third kappa shape index (κ3) is 7.20. The number of pyridine rings is 2. The van der Waals surface area contributed by atoms with E-state index in [0.717, 1.165) is 35.2 Å². The van der Waals surface area contributed by atoms with E-state index >= 15 is 0 Å². The summed E-state index contributed by atoms with van der Waals surface area (Å²) in [5, 5.41) is 13.2. The number of aliphatic hydroxyl groups excluding tert-OH is 1. The number of aromatic nitrogens is 2. The van der Waals surface area contributed by atoms with Crippen molar-refractivity contribution in [3.8, 4) is 11.1 Å². The molecular formula is C34H35ClN4O5. The minimum atomic E-state index is -0.563. The van der Waals surface area contributed by atoms with Crippen molar-refractivity contribution in [3.05, 3.63) is 112 Å². The fourth-order valence-corrected chi connectivity index (χ4v) is 5.68. The van der Waals surface area contributed by atoms with Crippen LogP contribution in [0.5, 0.6) is 0 Å². The molecule has 1 aliphatic rings. The molecule has 1 saturated heterocycles. The van der Waals surface area contributed by atoms with Gasteiger partial charge in [0.25, 0.3) is 5.91 Å². The van der Waals surface area contributed by atoms with Gasteiger partial charge in [-0.2, -0.15) is 0 Å². The van der Waals surface area contributed by atoms with Gasteiger partial charge in [-0.3, -0.25) is 24.5 Å². The number of methoxy groups -OCH3 is 2. The van der Waals surface area contributed by atoms with E-state index in [1.165, 1.54) is 14.2 Å².